The number of primary amides is 1. The smallest absolute Gasteiger partial charge is 0.335 e. The van der Waals surface area contributed by atoms with Gasteiger partial charge >= 0.3 is 5.97 Å². The third-order valence-corrected chi connectivity index (χ3v) is 4.54. The van der Waals surface area contributed by atoms with E-state index >= 15 is 0 Å². The number of nitrogens with one attached hydrogen (secondary N) is 1. The van der Waals surface area contributed by atoms with Crippen molar-refractivity contribution in [2.75, 3.05) is 0 Å². The third kappa shape index (κ3) is 2.25. The Kier molecular flexibility index (Phi) is 3.33. The number of nitrogens with two attached hydrogens (primary N) is 1. The molecule has 0 unspecified atom stereocenters. The van der Waals surface area contributed by atoms with Crippen molar-refractivity contribution >= 4 is 33.7 Å². The number of carboxylic acid groups (broad SMARTS) is 1. The molecular formula is C19H15N3O4. The fourth-order valence-corrected chi connectivity index (χ4v) is 3.37. The second-order valence-electron chi connectivity index (χ2n) is 6.20. The lowest BCUT2D eigenvalue weighted by molar-refractivity contribution is 0.0696. The predicted molar refractivity (Wildman–Crippen MR) is 96.3 cm³/mol. The van der Waals surface area contributed by atoms with E-state index in [1.807, 2.05) is 13.0 Å². The maximum Gasteiger partial charge on any atom is 0.335 e. The summed E-state index contributed by atoms with van der Waals surface area (Å²) in [5, 5.41) is 14.7. The molecule has 0 aliphatic rings. The molecular weight excluding hydrogens is 334 g/mol. The van der Waals surface area contributed by atoms with Gasteiger partial charge in [0.25, 0.3) is 5.91 Å². The summed E-state index contributed by atoms with van der Waals surface area (Å²) >= 11 is 0. The largest absolute Gasteiger partial charge is 0.478 e. The van der Waals surface area contributed by atoms with Crippen LogP contribution < -0.4 is 5.73 Å². The fraction of sp³-hybridized carbons (Fsp3) is 0.105. The van der Waals surface area contributed by atoms with Crippen LogP contribution in [-0.4, -0.2) is 27.1 Å². The number of carbonyl (C=O) groups excluding carboxylic acids is 1. The third-order valence-electron chi connectivity index (χ3n) is 4.54. The molecule has 0 spiro atoms. The van der Waals surface area contributed by atoms with Gasteiger partial charge in [-0.15, -0.1) is 0 Å². The SMILES string of the molecule is Cc1noc(C)c1-c1cc(C(N)=O)c2[nH]c3cc(C(=O)O)ccc3c2c1. The molecule has 7 nitrogen and oxygen atoms in total. The zero-order valence-electron chi connectivity index (χ0n) is 14.1. The van der Waals surface area contributed by atoms with Gasteiger partial charge in [0, 0.05) is 21.9 Å². The lowest BCUT2D eigenvalue weighted by atomic mass is 9.97. The van der Waals surface area contributed by atoms with E-state index in [0.717, 1.165) is 21.9 Å². The van der Waals surface area contributed by atoms with E-state index in [2.05, 4.69) is 10.1 Å². The summed E-state index contributed by atoms with van der Waals surface area (Å²) < 4.78 is 5.23. The fourth-order valence-electron chi connectivity index (χ4n) is 3.37. The number of aromatic carboxylic acids is 1. The number of rotatable bonds is 3. The summed E-state index contributed by atoms with van der Waals surface area (Å²) in [6, 6.07) is 8.42. The molecule has 2 aromatic heterocycles. The van der Waals surface area contributed by atoms with Gasteiger partial charge in [-0.1, -0.05) is 11.2 Å². The highest BCUT2D eigenvalue weighted by Crippen LogP contribution is 2.35. The molecule has 0 saturated carbocycles. The lowest BCUT2D eigenvalue weighted by Crippen LogP contribution is -2.11. The summed E-state index contributed by atoms with van der Waals surface area (Å²) in [5.74, 6) is -0.948. The van der Waals surface area contributed by atoms with Crippen LogP contribution in [0.2, 0.25) is 0 Å². The molecule has 4 N–H and O–H groups in total. The minimum absolute atomic E-state index is 0.163. The number of aryl methyl sites for hydroxylation is 2. The van der Waals surface area contributed by atoms with Crippen LogP contribution in [0.5, 0.6) is 0 Å². The van der Waals surface area contributed by atoms with E-state index in [0.29, 0.717) is 28.1 Å². The first-order valence-corrected chi connectivity index (χ1v) is 7.92. The Bertz CT molecular complexity index is 1200. The summed E-state index contributed by atoms with van der Waals surface area (Å²) in [4.78, 5) is 26.4. The summed E-state index contributed by atoms with van der Waals surface area (Å²) in [6.07, 6.45) is 0. The zero-order chi connectivity index (χ0) is 18.6. The maximum atomic E-state index is 12.0. The number of carbonyl (C=O) groups is 2. The Balaban J connectivity index is 2.10. The molecule has 4 rings (SSSR count). The van der Waals surface area contributed by atoms with Gasteiger partial charge in [-0.2, -0.15) is 0 Å². The molecule has 0 saturated heterocycles. The Morgan fingerprint density at radius 2 is 1.92 bits per heavy atom. The van der Waals surface area contributed by atoms with E-state index in [-0.39, 0.29) is 5.56 Å². The first-order valence-electron chi connectivity index (χ1n) is 7.92. The van der Waals surface area contributed by atoms with Crippen LogP contribution in [0.4, 0.5) is 0 Å². The number of carboxylic acids is 1. The number of benzene rings is 2. The van der Waals surface area contributed by atoms with Crippen LogP contribution in [0.15, 0.2) is 34.9 Å². The zero-order valence-corrected chi connectivity index (χ0v) is 14.1. The minimum atomic E-state index is -1.02. The van der Waals surface area contributed by atoms with Crippen LogP contribution in [0.25, 0.3) is 32.9 Å². The van der Waals surface area contributed by atoms with Gasteiger partial charge < -0.3 is 20.3 Å². The van der Waals surface area contributed by atoms with E-state index in [1.54, 1.807) is 19.1 Å². The predicted octanol–water partition coefficient (Wildman–Crippen LogP) is 3.39. The average molecular weight is 349 g/mol. The Hall–Kier alpha value is -3.61. The first kappa shape index (κ1) is 15.9. The highest BCUT2D eigenvalue weighted by molar-refractivity contribution is 6.16. The Morgan fingerprint density at radius 3 is 2.54 bits per heavy atom. The molecule has 26 heavy (non-hydrogen) atoms. The number of hydrogen-bond acceptors (Lipinski definition) is 4. The van der Waals surface area contributed by atoms with Crippen molar-refractivity contribution in [2.45, 2.75) is 13.8 Å². The number of amides is 1. The van der Waals surface area contributed by atoms with Gasteiger partial charge in [-0.3, -0.25) is 4.79 Å². The van der Waals surface area contributed by atoms with Crippen molar-refractivity contribution in [1.29, 1.82) is 0 Å². The molecule has 0 atom stereocenters. The van der Waals surface area contributed by atoms with Crippen molar-refractivity contribution in [2.24, 2.45) is 5.73 Å². The summed E-state index contributed by atoms with van der Waals surface area (Å²) in [6.45, 7) is 3.63. The molecule has 2 heterocycles. The molecule has 0 fully saturated rings. The van der Waals surface area contributed by atoms with Crippen LogP contribution in [-0.2, 0) is 0 Å². The van der Waals surface area contributed by atoms with Crippen LogP contribution in [0.1, 0.15) is 32.2 Å². The number of aromatic amines is 1. The number of aromatic nitrogens is 2. The molecule has 0 aliphatic heterocycles. The topological polar surface area (TPSA) is 122 Å². The maximum absolute atomic E-state index is 12.0. The van der Waals surface area contributed by atoms with Gasteiger partial charge in [-0.25, -0.2) is 4.79 Å². The molecule has 1 amide bonds. The lowest BCUT2D eigenvalue weighted by Gasteiger charge is -2.05. The molecule has 4 aromatic rings. The van der Waals surface area contributed by atoms with Crippen molar-refractivity contribution in [3.63, 3.8) is 0 Å². The van der Waals surface area contributed by atoms with Gasteiger partial charge in [0.2, 0.25) is 0 Å². The quantitative estimate of drug-likeness (QED) is 0.523. The summed E-state index contributed by atoms with van der Waals surface area (Å²) in [7, 11) is 0. The molecule has 0 aliphatic carbocycles. The van der Waals surface area contributed by atoms with Crippen molar-refractivity contribution in [1.82, 2.24) is 10.1 Å². The van der Waals surface area contributed by atoms with Crippen LogP contribution in [0.3, 0.4) is 0 Å². The van der Waals surface area contributed by atoms with E-state index in [4.69, 9.17) is 10.3 Å². The Morgan fingerprint density at radius 1 is 1.15 bits per heavy atom. The monoisotopic (exact) mass is 349 g/mol. The summed E-state index contributed by atoms with van der Waals surface area (Å²) in [5.41, 5.74) is 9.56. The van der Waals surface area contributed by atoms with E-state index in [1.165, 1.54) is 12.1 Å². The molecule has 130 valence electrons. The normalized spacial score (nSPS) is 11.3. The first-order chi connectivity index (χ1) is 12.4. The van der Waals surface area contributed by atoms with Crippen LogP contribution >= 0.6 is 0 Å². The second-order valence-corrected chi connectivity index (χ2v) is 6.20. The molecule has 0 bridgehead atoms. The van der Waals surface area contributed by atoms with Gasteiger partial charge in [0.15, 0.2) is 0 Å². The minimum Gasteiger partial charge on any atom is -0.478 e. The molecule has 7 heteroatoms. The number of H-pyrrole nitrogens is 1. The van der Waals surface area contributed by atoms with Crippen molar-refractivity contribution in [3.05, 3.63) is 52.9 Å². The van der Waals surface area contributed by atoms with Gasteiger partial charge in [0.1, 0.15) is 5.76 Å². The second kappa shape index (κ2) is 5.45. The van der Waals surface area contributed by atoms with E-state index in [9.17, 15) is 14.7 Å². The highest BCUT2D eigenvalue weighted by Gasteiger charge is 2.19. The van der Waals surface area contributed by atoms with Crippen molar-refractivity contribution in [3.8, 4) is 11.1 Å². The molecule has 2 aromatic carbocycles. The van der Waals surface area contributed by atoms with Crippen LogP contribution in [0, 0.1) is 13.8 Å². The van der Waals surface area contributed by atoms with Crippen molar-refractivity contribution < 1.29 is 19.2 Å². The number of fused-ring (bicyclic) bond motifs is 3. The van der Waals surface area contributed by atoms with Gasteiger partial charge in [-0.05, 0) is 43.7 Å². The average Bonchev–Trinajstić information content (AvgIpc) is 3.12. The number of nitrogens with zero attached hydrogens (tertiary/aromatic N) is 1. The highest BCUT2D eigenvalue weighted by atomic mass is 16.5. The molecule has 0 radical (unpaired) electrons. The number of hydrogen-bond donors (Lipinski definition) is 3. The standard InChI is InChI=1S/C19H15N3O4/c1-8-16(9(2)26-22-8)11-5-13-12-4-3-10(19(24)25)7-15(12)21-17(13)14(6-11)18(20)23/h3-7,21H,1-2H3,(H2,20,23)(H,24,25). The van der Waals surface area contributed by atoms with E-state index < -0.39 is 11.9 Å². The van der Waals surface area contributed by atoms with Gasteiger partial charge in [0.05, 0.1) is 22.3 Å². The Labute approximate surface area is 147 Å².